The van der Waals surface area contributed by atoms with Crippen LogP contribution in [0.1, 0.15) is 30.9 Å². The number of halogens is 1. The van der Waals surface area contributed by atoms with Gasteiger partial charge in [-0.3, -0.25) is 0 Å². The van der Waals surface area contributed by atoms with E-state index in [2.05, 4.69) is 0 Å². The van der Waals surface area contributed by atoms with Gasteiger partial charge in [0.15, 0.2) is 0 Å². The predicted octanol–water partition coefficient (Wildman–Crippen LogP) is 2.29. The van der Waals surface area contributed by atoms with Crippen LogP contribution >= 0.6 is 12.4 Å². The zero-order valence-corrected chi connectivity index (χ0v) is 12.2. The Hall–Kier alpha value is -0.970. The van der Waals surface area contributed by atoms with Crippen molar-refractivity contribution >= 4 is 12.4 Å². The summed E-state index contributed by atoms with van der Waals surface area (Å²) in [5.74, 6) is 1.72. The molecule has 1 aliphatic rings. The van der Waals surface area contributed by atoms with Crippen LogP contribution in [0.15, 0.2) is 18.2 Å². The van der Waals surface area contributed by atoms with Gasteiger partial charge >= 0.3 is 0 Å². The molecule has 0 aliphatic heterocycles. The van der Waals surface area contributed by atoms with Gasteiger partial charge in [-0.2, -0.15) is 0 Å². The summed E-state index contributed by atoms with van der Waals surface area (Å²) in [7, 11) is 3.21. The molecule has 1 aromatic carbocycles. The first-order valence-electron chi connectivity index (χ1n) is 6.32. The van der Waals surface area contributed by atoms with Crippen LogP contribution in [0.2, 0.25) is 0 Å². The van der Waals surface area contributed by atoms with Crippen molar-refractivity contribution in [3.8, 4) is 11.5 Å². The summed E-state index contributed by atoms with van der Waals surface area (Å²) in [4.78, 5) is 0. The van der Waals surface area contributed by atoms with Crippen molar-refractivity contribution in [1.29, 1.82) is 0 Å². The van der Waals surface area contributed by atoms with Crippen LogP contribution in [0.5, 0.6) is 11.5 Å². The van der Waals surface area contributed by atoms with Crippen LogP contribution in [0, 0.1) is 5.92 Å². The fourth-order valence-corrected chi connectivity index (χ4v) is 2.29. The maximum absolute atomic E-state index is 10.2. The Labute approximate surface area is 120 Å². The number of hydrogen-bond donors (Lipinski definition) is 2. The highest BCUT2D eigenvalue weighted by molar-refractivity contribution is 5.85. The molecule has 0 heterocycles. The predicted molar refractivity (Wildman–Crippen MR) is 77.1 cm³/mol. The average Bonchev–Trinajstić information content (AvgIpc) is 2.34. The molecule has 0 radical (unpaired) electrons. The molecule has 0 unspecified atom stereocenters. The Kier molecular flexibility index (Phi) is 5.91. The van der Waals surface area contributed by atoms with Crippen molar-refractivity contribution in [1.82, 2.24) is 0 Å². The maximum Gasteiger partial charge on any atom is 0.122 e. The van der Waals surface area contributed by atoms with Gasteiger partial charge < -0.3 is 20.3 Å². The molecule has 5 heteroatoms. The van der Waals surface area contributed by atoms with Crippen LogP contribution in [0.3, 0.4) is 0 Å². The second-order valence-corrected chi connectivity index (χ2v) is 4.85. The average molecular weight is 288 g/mol. The lowest BCUT2D eigenvalue weighted by Crippen LogP contribution is -2.36. The largest absolute Gasteiger partial charge is 0.497 e. The van der Waals surface area contributed by atoms with E-state index in [9.17, 15) is 5.11 Å². The molecule has 1 saturated carbocycles. The fraction of sp³-hybridized carbons (Fsp3) is 0.571. The zero-order chi connectivity index (χ0) is 13.1. The molecule has 2 atom stereocenters. The first-order valence-corrected chi connectivity index (χ1v) is 6.32. The maximum atomic E-state index is 10.2. The van der Waals surface area contributed by atoms with Crippen LogP contribution < -0.4 is 15.2 Å². The summed E-state index contributed by atoms with van der Waals surface area (Å²) in [6.45, 7) is 0. The number of methoxy groups -OCH3 is 2. The summed E-state index contributed by atoms with van der Waals surface area (Å²) in [5.41, 5.74) is 6.99. The van der Waals surface area contributed by atoms with Gasteiger partial charge in [-0.25, -0.2) is 0 Å². The molecule has 1 aliphatic carbocycles. The van der Waals surface area contributed by atoms with Crippen LogP contribution in [0.4, 0.5) is 0 Å². The molecule has 0 bridgehead atoms. The normalized spacial score (nSPS) is 17.9. The lowest BCUT2D eigenvalue weighted by atomic mass is 9.77. The first kappa shape index (κ1) is 16.1. The standard InChI is InChI=1S/C14H21NO3.ClH/c1-17-11-6-10(7-12(8-11)18-2)13(15)14(16)9-4-3-5-9;/h6-9,13-14,16H,3-5,15H2,1-2H3;1H/t13-,14+;/m0./s1. The first-order chi connectivity index (χ1) is 8.65. The van der Waals surface area contributed by atoms with Gasteiger partial charge in [0.1, 0.15) is 11.5 Å². The highest BCUT2D eigenvalue weighted by atomic mass is 35.5. The van der Waals surface area contributed by atoms with Gasteiger partial charge in [-0.05, 0) is 36.5 Å². The molecule has 0 amide bonds. The molecular formula is C14H22ClNO3. The Morgan fingerprint density at radius 3 is 2.05 bits per heavy atom. The third-order valence-electron chi connectivity index (χ3n) is 3.76. The molecule has 4 nitrogen and oxygen atoms in total. The number of rotatable bonds is 5. The minimum Gasteiger partial charge on any atom is -0.497 e. The van der Waals surface area contributed by atoms with E-state index in [1.807, 2.05) is 12.1 Å². The van der Waals surface area contributed by atoms with E-state index in [4.69, 9.17) is 15.2 Å². The van der Waals surface area contributed by atoms with Gasteiger partial charge in [-0.15, -0.1) is 12.4 Å². The van der Waals surface area contributed by atoms with Gasteiger partial charge in [0.25, 0.3) is 0 Å². The molecule has 3 N–H and O–H groups in total. The Morgan fingerprint density at radius 1 is 1.16 bits per heavy atom. The molecule has 0 spiro atoms. The van der Waals surface area contributed by atoms with Crippen molar-refractivity contribution in [2.75, 3.05) is 14.2 Å². The lowest BCUT2D eigenvalue weighted by molar-refractivity contribution is 0.0413. The summed E-state index contributed by atoms with van der Waals surface area (Å²) < 4.78 is 10.4. The van der Waals surface area contributed by atoms with Gasteiger partial charge in [-0.1, -0.05) is 6.42 Å². The molecule has 1 fully saturated rings. The number of nitrogens with two attached hydrogens (primary N) is 1. The van der Waals surface area contributed by atoms with E-state index < -0.39 is 6.10 Å². The van der Waals surface area contributed by atoms with E-state index in [0.717, 1.165) is 18.4 Å². The summed E-state index contributed by atoms with van der Waals surface area (Å²) in [6, 6.07) is 5.12. The molecule has 0 saturated heterocycles. The minimum absolute atomic E-state index is 0. The third kappa shape index (κ3) is 3.53. The van der Waals surface area contributed by atoms with Crippen LogP contribution in [-0.4, -0.2) is 25.4 Å². The van der Waals surface area contributed by atoms with Gasteiger partial charge in [0.05, 0.1) is 26.4 Å². The molecule has 0 aromatic heterocycles. The van der Waals surface area contributed by atoms with Gasteiger partial charge in [0.2, 0.25) is 0 Å². The second kappa shape index (κ2) is 6.98. The Morgan fingerprint density at radius 2 is 1.68 bits per heavy atom. The highest BCUT2D eigenvalue weighted by Gasteiger charge is 2.31. The smallest absolute Gasteiger partial charge is 0.122 e. The van der Waals surface area contributed by atoms with Crippen molar-refractivity contribution in [3.05, 3.63) is 23.8 Å². The highest BCUT2D eigenvalue weighted by Crippen LogP contribution is 2.35. The SMILES string of the molecule is COc1cc(OC)cc([C@H](N)[C@H](O)C2CCC2)c1.Cl. The van der Waals surface area contributed by atoms with E-state index >= 15 is 0 Å². The second-order valence-electron chi connectivity index (χ2n) is 4.85. The summed E-state index contributed by atoms with van der Waals surface area (Å²) in [6.07, 6.45) is 2.83. The Bertz CT molecular complexity index is 387. The molecule has 19 heavy (non-hydrogen) atoms. The molecular weight excluding hydrogens is 266 g/mol. The zero-order valence-electron chi connectivity index (χ0n) is 11.3. The van der Waals surface area contributed by atoms with Crippen LogP contribution in [-0.2, 0) is 0 Å². The van der Waals surface area contributed by atoms with Crippen molar-refractivity contribution in [3.63, 3.8) is 0 Å². The number of aliphatic hydroxyl groups excluding tert-OH is 1. The van der Waals surface area contributed by atoms with Gasteiger partial charge in [0, 0.05) is 6.07 Å². The fourth-order valence-electron chi connectivity index (χ4n) is 2.29. The van der Waals surface area contributed by atoms with E-state index in [1.54, 1.807) is 20.3 Å². The van der Waals surface area contributed by atoms with Crippen molar-refractivity contribution in [2.24, 2.45) is 11.7 Å². The van der Waals surface area contributed by atoms with E-state index in [1.165, 1.54) is 6.42 Å². The number of hydrogen-bond acceptors (Lipinski definition) is 4. The third-order valence-corrected chi connectivity index (χ3v) is 3.76. The van der Waals surface area contributed by atoms with E-state index in [0.29, 0.717) is 17.4 Å². The monoisotopic (exact) mass is 287 g/mol. The minimum atomic E-state index is -0.490. The number of benzene rings is 1. The Balaban J connectivity index is 0.00000180. The van der Waals surface area contributed by atoms with E-state index in [-0.39, 0.29) is 18.4 Å². The lowest BCUT2D eigenvalue weighted by Gasteiger charge is -2.34. The van der Waals surface area contributed by atoms with Crippen molar-refractivity contribution in [2.45, 2.75) is 31.4 Å². The van der Waals surface area contributed by atoms with Crippen molar-refractivity contribution < 1.29 is 14.6 Å². The summed E-state index contributed by atoms with van der Waals surface area (Å²) >= 11 is 0. The van der Waals surface area contributed by atoms with Crippen LogP contribution in [0.25, 0.3) is 0 Å². The number of aliphatic hydroxyl groups is 1. The molecule has 108 valence electrons. The number of ether oxygens (including phenoxy) is 2. The molecule has 1 aromatic rings. The quantitative estimate of drug-likeness (QED) is 0.872. The molecule has 2 rings (SSSR count). The summed E-state index contributed by atoms with van der Waals surface area (Å²) in [5, 5.41) is 10.2. The topological polar surface area (TPSA) is 64.7 Å².